The van der Waals surface area contributed by atoms with Gasteiger partial charge in [0.25, 0.3) is 0 Å². The van der Waals surface area contributed by atoms with Crippen LogP contribution in [0.4, 0.5) is 11.5 Å². The Balaban J connectivity index is 1.33. The van der Waals surface area contributed by atoms with Crippen LogP contribution in [0, 0.1) is 0 Å². The second kappa shape index (κ2) is 9.96. The quantitative estimate of drug-likeness (QED) is 0.221. The van der Waals surface area contributed by atoms with Gasteiger partial charge in [-0.2, -0.15) is 0 Å². The average Bonchev–Trinajstić information content (AvgIpc) is 3.38. The van der Waals surface area contributed by atoms with E-state index in [-0.39, 0.29) is 5.54 Å². The molecule has 2 aromatic heterocycles. The van der Waals surface area contributed by atoms with Crippen LogP contribution in [0.25, 0.3) is 50.7 Å². The van der Waals surface area contributed by atoms with Crippen LogP contribution >= 0.6 is 0 Å². The van der Waals surface area contributed by atoms with E-state index in [1.807, 2.05) is 30.5 Å². The Bertz CT molecular complexity index is 1950. The number of nitrogens with two attached hydrogens (primary N) is 1. The van der Waals surface area contributed by atoms with Gasteiger partial charge in [0.15, 0.2) is 5.82 Å². The highest BCUT2D eigenvalue weighted by atomic mass is 16.5. The number of pyridine rings is 1. The first-order valence-electron chi connectivity index (χ1n) is 14.7. The molecule has 0 radical (unpaired) electrons. The fourth-order valence-electron chi connectivity index (χ4n) is 6.30. The van der Waals surface area contributed by atoms with Crippen LogP contribution in [0.2, 0.25) is 0 Å². The van der Waals surface area contributed by atoms with Crippen LogP contribution in [-0.2, 0) is 5.54 Å². The summed E-state index contributed by atoms with van der Waals surface area (Å²) in [5.74, 6) is 2.51. The summed E-state index contributed by atoms with van der Waals surface area (Å²) >= 11 is 0. The first kappa shape index (κ1) is 25.5. The van der Waals surface area contributed by atoms with E-state index in [4.69, 9.17) is 20.4 Å². The molecule has 0 amide bonds. The van der Waals surface area contributed by atoms with Crippen molar-refractivity contribution in [2.24, 2.45) is 5.73 Å². The smallest absolute Gasteiger partial charge is 0.154 e. The maximum atomic E-state index is 6.70. The van der Waals surface area contributed by atoms with Crippen LogP contribution in [0.5, 0.6) is 5.75 Å². The van der Waals surface area contributed by atoms with Gasteiger partial charge in [0.05, 0.1) is 29.9 Å². The average molecular weight is 562 g/mol. The van der Waals surface area contributed by atoms with Crippen molar-refractivity contribution in [1.82, 2.24) is 14.5 Å². The van der Waals surface area contributed by atoms with Crippen molar-refractivity contribution < 1.29 is 4.74 Å². The van der Waals surface area contributed by atoms with Crippen molar-refractivity contribution in [3.05, 3.63) is 121 Å². The van der Waals surface area contributed by atoms with Crippen LogP contribution in [0.15, 0.2) is 115 Å². The Morgan fingerprint density at radius 3 is 2.14 bits per heavy atom. The minimum Gasteiger partial charge on any atom is -0.497 e. The second-order valence-electron chi connectivity index (χ2n) is 11.4. The van der Waals surface area contributed by atoms with Crippen molar-refractivity contribution in [3.8, 4) is 56.5 Å². The molecule has 6 heteroatoms. The highest BCUT2D eigenvalue weighted by Crippen LogP contribution is 2.45. The highest BCUT2D eigenvalue weighted by molar-refractivity contribution is 5.91. The van der Waals surface area contributed by atoms with Gasteiger partial charge in [-0.1, -0.05) is 72.8 Å². The predicted molar refractivity (Wildman–Crippen MR) is 173 cm³/mol. The Morgan fingerprint density at radius 1 is 0.767 bits per heavy atom. The second-order valence-corrected chi connectivity index (χ2v) is 11.4. The SMILES string of the molecule is COc1ccc(-c2ccc(-c3nc4n(c3-c3ccc(C5(N)CCC5)cc3)-c3cccnc3Nc3ccccc3-4)cc2)cc1. The molecule has 43 heavy (non-hydrogen) atoms. The molecule has 3 N–H and O–H groups in total. The van der Waals surface area contributed by atoms with Gasteiger partial charge >= 0.3 is 0 Å². The third-order valence-electron chi connectivity index (χ3n) is 8.89. The third kappa shape index (κ3) is 4.22. The van der Waals surface area contributed by atoms with Gasteiger partial charge in [-0.15, -0.1) is 0 Å². The van der Waals surface area contributed by atoms with Crippen molar-refractivity contribution in [2.75, 3.05) is 12.4 Å². The van der Waals surface area contributed by atoms with Crippen LogP contribution in [-0.4, -0.2) is 21.6 Å². The molecule has 4 aromatic carbocycles. The lowest BCUT2D eigenvalue weighted by molar-refractivity contribution is 0.253. The third-order valence-corrected chi connectivity index (χ3v) is 8.89. The van der Waals surface area contributed by atoms with E-state index in [1.54, 1.807) is 7.11 Å². The number of methoxy groups -OCH3 is 1. The zero-order chi connectivity index (χ0) is 29.0. The van der Waals surface area contributed by atoms with Gasteiger partial charge in [0, 0.05) is 28.4 Å². The molecule has 6 aromatic rings. The zero-order valence-corrected chi connectivity index (χ0v) is 23.9. The fraction of sp³-hybridized carbons (Fsp3) is 0.135. The maximum Gasteiger partial charge on any atom is 0.154 e. The molecular formula is C37H31N5O. The number of para-hydroxylation sites is 1. The van der Waals surface area contributed by atoms with E-state index in [9.17, 15) is 0 Å². The number of nitrogens with zero attached hydrogens (tertiary/aromatic N) is 3. The molecule has 3 heterocycles. The van der Waals surface area contributed by atoms with Gasteiger partial charge in [-0.3, -0.25) is 4.57 Å². The molecule has 1 fully saturated rings. The molecule has 6 nitrogen and oxygen atoms in total. The predicted octanol–water partition coefficient (Wildman–Crippen LogP) is 8.34. The van der Waals surface area contributed by atoms with E-state index in [1.165, 1.54) is 12.0 Å². The van der Waals surface area contributed by atoms with Gasteiger partial charge in [-0.05, 0) is 72.4 Å². The summed E-state index contributed by atoms with van der Waals surface area (Å²) in [6.45, 7) is 0. The highest BCUT2D eigenvalue weighted by Gasteiger charge is 2.34. The molecule has 0 saturated heterocycles. The number of nitrogens with one attached hydrogen (secondary N) is 1. The van der Waals surface area contributed by atoms with Gasteiger partial charge < -0.3 is 15.8 Å². The molecule has 8 rings (SSSR count). The van der Waals surface area contributed by atoms with E-state index in [0.717, 1.165) is 80.8 Å². The summed E-state index contributed by atoms with van der Waals surface area (Å²) < 4.78 is 7.60. The lowest BCUT2D eigenvalue weighted by Crippen LogP contribution is -2.43. The van der Waals surface area contributed by atoms with E-state index < -0.39 is 0 Å². The molecule has 0 atom stereocenters. The topological polar surface area (TPSA) is 78.0 Å². The lowest BCUT2D eigenvalue weighted by atomic mass is 9.72. The molecule has 1 aliphatic heterocycles. The molecule has 1 saturated carbocycles. The molecule has 2 aliphatic rings. The largest absolute Gasteiger partial charge is 0.497 e. The summed E-state index contributed by atoms with van der Waals surface area (Å²) in [6.07, 6.45) is 5.06. The number of benzene rings is 4. The Hall–Kier alpha value is -5.20. The summed E-state index contributed by atoms with van der Waals surface area (Å²) in [4.78, 5) is 10.1. The maximum absolute atomic E-state index is 6.70. The van der Waals surface area contributed by atoms with Crippen LogP contribution < -0.4 is 15.8 Å². The summed E-state index contributed by atoms with van der Waals surface area (Å²) in [6, 6.07) is 37.9. The first-order chi connectivity index (χ1) is 21.1. The normalized spacial score (nSPS) is 14.4. The molecular weight excluding hydrogens is 530 g/mol. The Morgan fingerprint density at radius 2 is 1.44 bits per heavy atom. The standard InChI is InChI=1S/C37H31N5O/c1-43-29-19-15-25(16-20-29)24-9-11-26(12-10-24)33-34(27-13-17-28(18-14-27)37(38)21-5-22-37)42-32-8-4-23-39-35(32)40-31-7-3-2-6-30(31)36(42)41-33/h2-4,6-20,23H,5,21-22,38H2,1H3,(H,39,40). The van der Waals surface area contributed by atoms with Crippen molar-refractivity contribution in [2.45, 2.75) is 24.8 Å². The number of fused-ring (bicyclic) bond motifs is 5. The van der Waals surface area contributed by atoms with Crippen LogP contribution in [0.3, 0.4) is 0 Å². The van der Waals surface area contributed by atoms with E-state index in [0.29, 0.717) is 0 Å². The monoisotopic (exact) mass is 561 g/mol. The minimum atomic E-state index is -0.216. The first-order valence-corrected chi connectivity index (χ1v) is 14.7. The molecule has 0 spiro atoms. The molecule has 0 bridgehead atoms. The number of rotatable bonds is 5. The summed E-state index contributed by atoms with van der Waals surface area (Å²) in [5.41, 5.74) is 17.0. The minimum absolute atomic E-state index is 0.216. The van der Waals surface area contributed by atoms with Gasteiger partial charge in [0.2, 0.25) is 0 Å². The van der Waals surface area contributed by atoms with Crippen molar-refractivity contribution in [3.63, 3.8) is 0 Å². The van der Waals surface area contributed by atoms with Crippen molar-refractivity contribution in [1.29, 1.82) is 0 Å². The fourth-order valence-corrected chi connectivity index (χ4v) is 6.30. The number of aromatic nitrogens is 3. The molecule has 0 unspecified atom stereocenters. The van der Waals surface area contributed by atoms with E-state index >= 15 is 0 Å². The van der Waals surface area contributed by atoms with Crippen LogP contribution in [0.1, 0.15) is 24.8 Å². The molecule has 210 valence electrons. The number of imidazole rings is 1. The van der Waals surface area contributed by atoms with Gasteiger partial charge in [-0.25, -0.2) is 9.97 Å². The number of anilines is 2. The summed E-state index contributed by atoms with van der Waals surface area (Å²) in [5, 5.41) is 3.55. The lowest BCUT2D eigenvalue weighted by Gasteiger charge is -2.38. The molecule has 1 aliphatic carbocycles. The Kier molecular flexibility index (Phi) is 5.91. The van der Waals surface area contributed by atoms with Crippen molar-refractivity contribution >= 4 is 11.5 Å². The number of hydrogen-bond donors (Lipinski definition) is 2. The number of ether oxygens (including phenoxy) is 1. The Labute approximate surface area is 250 Å². The van der Waals surface area contributed by atoms with Gasteiger partial charge in [0.1, 0.15) is 11.6 Å². The summed E-state index contributed by atoms with van der Waals surface area (Å²) in [7, 11) is 1.69. The zero-order valence-electron chi connectivity index (χ0n) is 23.9. The number of hydrogen-bond acceptors (Lipinski definition) is 5. The van der Waals surface area contributed by atoms with E-state index in [2.05, 4.69) is 94.8 Å².